The fraction of sp³-hybridized carbons (Fsp3) is 0.214. The lowest BCUT2D eigenvalue weighted by molar-refractivity contribution is 0.646. The number of anilines is 1. The fourth-order valence-electron chi connectivity index (χ4n) is 2.69. The van der Waals surface area contributed by atoms with Crippen molar-refractivity contribution in [2.45, 2.75) is 6.04 Å². The molecule has 0 bridgehead atoms. The van der Waals surface area contributed by atoms with E-state index in [0.717, 1.165) is 22.3 Å². The van der Waals surface area contributed by atoms with Crippen LogP contribution < -0.4 is 10.9 Å². The van der Waals surface area contributed by atoms with Crippen LogP contribution in [0.3, 0.4) is 0 Å². The second-order valence-corrected chi connectivity index (χ2v) is 5.81. The zero-order valence-corrected chi connectivity index (χ0v) is 13.2. The number of rotatable bonds is 2. The molecule has 7 heteroatoms. The van der Waals surface area contributed by atoms with Gasteiger partial charge in [0, 0.05) is 11.0 Å². The van der Waals surface area contributed by atoms with Gasteiger partial charge in [0.1, 0.15) is 5.39 Å². The van der Waals surface area contributed by atoms with Crippen molar-refractivity contribution in [3.05, 3.63) is 46.9 Å². The molecule has 1 aliphatic heterocycles. The smallest absolute Gasteiger partial charge is 0.285 e. The summed E-state index contributed by atoms with van der Waals surface area (Å²) in [5.41, 5.74) is 1.51. The van der Waals surface area contributed by atoms with Crippen LogP contribution in [0.4, 0.5) is 5.95 Å². The molecule has 0 amide bonds. The maximum atomic E-state index is 12.2. The molecule has 1 aromatic carbocycles. The highest BCUT2D eigenvalue weighted by atomic mass is 127. The third-order valence-corrected chi connectivity index (χ3v) is 4.69. The van der Waals surface area contributed by atoms with Gasteiger partial charge in [0.25, 0.3) is 5.56 Å². The predicted molar refractivity (Wildman–Crippen MR) is 89.5 cm³/mol. The Morgan fingerprint density at radius 3 is 2.90 bits per heavy atom. The Kier molecular flexibility index (Phi) is 2.95. The highest BCUT2D eigenvalue weighted by molar-refractivity contribution is 14.1. The molecule has 0 aliphatic carbocycles. The summed E-state index contributed by atoms with van der Waals surface area (Å²) in [6.45, 7) is 0.786. The van der Waals surface area contributed by atoms with Crippen LogP contribution in [0, 0.1) is 0 Å². The largest absolute Gasteiger partial charge is 0.353 e. The number of nitrogens with one attached hydrogen (secondary N) is 1. The molecule has 1 unspecified atom stereocenters. The Morgan fingerprint density at radius 1 is 1.33 bits per heavy atom. The van der Waals surface area contributed by atoms with Gasteiger partial charge in [0.05, 0.1) is 17.9 Å². The number of para-hydroxylation sites is 1. The second-order valence-electron chi connectivity index (χ2n) is 4.93. The van der Waals surface area contributed by atoms with Gasteiger partial charge in [-0.25, -0.2) is 4.68 Å². The van der Waals surface area contributed by atoms with Crippen LogP contribution in [0.1, 0.15) is 6.04 Å². The summed E-state index contributed by atoms with van der Waals surface area (Å²) in [7, 11) is 0. The molecule has 0 saturated carbocycles. The predicted octanol–water partition coefficient (Wildman–Crippen LogP) is 1.98. The molecule has 2 aromatic heterocycles. The van der Waals surface area contributed by atoms with Crippen LogP contribution in [0.2, 0.25) is 0 Å². The monoisotopic (exact) mass is 393 g/mol. The number of hydrogen-bond acceptors (Lipinski definition) is 4. The summed E-state index contributed by atoms with van der Waals surface area (Å²) in [5, 5.41) is 8.16. The number of alkyl halides is 1. The quantitative estimate of drug-likeness (QED) is 0.534. The van der Waals surface area contributed by atoms with Crippen molar-refractivity contribution in [3.8, 4) is 5.69 Å². The number of halogens is 1. The van der Waals surface area contributed by atoms with Crippen LogP contribution in [0.5, 0.6) is 0 Å². The van der Waals surface area contributed by atoms with Crippen LogP contribution >= 0.6 is 22.6 Å². The van der Waals surface area contributed by atoms with Gasteiger partial charge in [-0.3, -0.25) is 9.36 Å². The van der Waals surface area contributed by atoms with Gasteiger partial charge in [-0.1, -0.05) is 40.8 Å². The number of hydrogen-bond donors (Lipinski definition) is 1. The topological polar surface area (TPSA) is 64.7 Å². The number of benzene rings is 1. The third-order valence-electron chi connectivity index (χ3n) is 3.68. The van der Waals surface area contributed by atoms with E-state index in [4.69, 9.17) is 0 Å². The second kappa shape index (κ2) is 4.83. The van der Waals surface area contributed by atoms with Crippen LogP contribution in [-0.4, -0.2) is 30.3 Å². The molecular formula is C14H12IN5O. The van der Waals surface area contributed by atoms with Crippen LogP contribution in [-0.2, 0) is 0 Å². The normalized spacial score (nSPS) is 16.9. The van der Waals surface area contributed by atoms with Gasteiger partial charge in [-0.05, 0) is 12.1 Å². The van der Waals surface area contributed by atoms with Crippen molar-refractivity contribution in [2.24, 2.45) is 0 Å². The summed E-state index contributed by atoms with van der Waals surface area (Å²) in [6.07, 6.45) is 1.60. The average Bonchev–Trinajstić information content (AvgIpc) is 3.11. The lowest BCUT2D eigenvalue weighted by atomic mass is 10.3. The van der Waals surface area contributed by atoms with Gasteiger partial charge in [-0.2, -0.15) is 10.1 Å². The molecule has 1 N–H and O–H groups in total. The summed E-state index contributed by atoms with van der Waals surface area (Å²) in [5.74, 6) is 0.631. The van der Waals surface area contributed by atoms with E-state index in [1.54, 1.807) is 6.20 Å². The zero-order chi connectivity index (χ0) is 14.4. The first-order valence-electron chi connectivity index (χ1n) is 6.65. The van der Waals surface area contributed by atoms with Gasteiger partial charge < -0.3 is 5.32 Å². The molecule has 0 saturated heterocycles. The Balaban J connectivity index is 2.09. The van der Waals surface area contributed by atoms with Crippen molar-refractivity contribution >= 4 is 39.6 Å². The minimum Gasteiger partial charge on any atom is -0.353 e. The lowest BCUT2D eigenvalue weighted by Crippen LogP contribution is -2.16. The highest BCUT2D eigenvalue weighted by Crippen LogP contribution is 2.28. The molecule has 1 atom stereocenters. The molecule has 4 rings (SSSR count). The Morgan fingerprint density at radius 2 is 2.14 bits per heavy atom. The van der Waals surface area contributed by atoms with E-state index in [9.17, 15) is 4.79 Å². The molecule has 1 aliphatic rings. The van der Waals surface area contributed by atoms with E-state index in [1.165, 1.54) is 0 Å². The minimum atomic E-state index is -0.236. The highest BCUT2D eigenvalue weighted by Gasteiger charge is 2.26. The maximum absolute atomic E-state index is 12.2. The molecule has 0 radical (unpaired) electrons. The third kappa shape index (κ3) is 1.87. The molecule has 6 nitrogen and oxygen atoms in total. The van der Waals surface area contributed by atoms with Gasteiger partial charge in [-0.15, -0.1) is 0 Å². The lowest BCUT2D eigenvalue weighted by Gasteiger charge is -2.13. The Hall–Kier alpha value is -1.90. The SMILES string of the molecule is O=c1nc2n(c3c1cnn3-c1ccccc1)C(CI)CN2. The van der Waals surface area contributed by atoms with E-state index in [0.29, 0.717) is 11.3 Å². The van der Waals surface area contributed by atoms with Crippen molar-refractivity contribution < 1.29 is 0 Å². The van der Waals surface area contributed by atoms with E-state index in [1.807, 2.05) is 35.0 Å². The van der Waals surface area contributed by atoms with Crippen molar-refractivity contribution in [1.29, 1.82) is 0 Å². The molecular weight excluding hydrogens is 381 g/mol. The van der Waals surface area contributed by atoms with Crippen LogP contribution in [0.25, 0.3) is 16.7 Å². The standard InChI is InChI=1S/C14H12IN5O/c15-6-10-7-16-14-18-12(21)11-8-17-20(13(11)19(10)14)9-4-2-1-3-5-9/h1-5,8,10H,6-7H2,(H,16,18,21). The van der Waals surface area contributed by atoms with Crippen molar-refractivity contribution in [1.82, 2.24) is 19.3 Å². The van der Waals surface area contributed by atoms with E-state index in [2.05, 4.69) is 42.6 Å². The first-order valence-corrected chi connectivity index (χ1v) is 8.17. The van der Waals surface area contributed by atoms with E-state index < -0.39 is 0 Å². The summed E-state index contributed by atoms with van der Waals surface area (Å²) in [6, 6.07) is 10.1. The molecule has 3 heterocycles. The molecule has 0 spiro atoms. The molecule has 0 fully saturated rings. The van der Waals surface area contributed by atoms with Crippen molar-refractivity contribution in [3.63, 3.8) is 0 Å². The molecule has 3 aromatic rings. The van der Waals surface area contributed by atoms with E-state index >= 15 is 0 Å². The fourth-order valence-corrected chi connectivity index (χ4v) is 3.39. The first-order chi connectivity index (χ1) is 10.3. The minimum absolute atomic E-state index is 0.236. The Bertz CT molecular complexity index is 870. The maximum Gasteiger partial charge on any atom is 0.285 e. The first kappa shape index (κ1) is 12.8. The molecule has 21 heavy (non-hydrogen) atoms. The van der Waals surface area contributed by atoms with Crippen molar-refractivity contribution in [2.75, 3.05) is 16.3 Å². The number of aromatic nitrogens is 4. The van der Waals surface area contributed by atoms with Gasteiger partial charge >= 0.3 is 0 Å². The van der Waals surface area contributed by atoms with Gasteiger partial charge in [0.15, 0.2) is 5.65 Å². The van der Waals surface area contributed by atoms with Crippen LogP contribution in [0.15, 0.2) is 41.3 Å². The number of fused-ring (bicyclic) bond motifs is 3. The molecule has 106 valence electrons. The summed E-state index contributed by atoms with van der Waals surface area (Å²) < 4.78 is 4.84. The Labute approximate surface area is 133 Å². The number of nitrogens with zero attached hydrogens (tertiary/aromatic N) is 4. The average molecular weight is 393 g/mol. The van der Waals surface area contributed by atoms with E-state index in [-0.39, 0.29) is 11.6 Å². The zero-order valence-electron chi connectivity index (χ0n) is 11.0. The summed E-state index contributed by atoms with van der Waals surface area (Å²) in [4.78, 5) is 16.3. The summed E-state index contributed by atoms with van der Waals surface area (Å²) >= 11 is 2.36. The van der Waals surface area contributed by atoms with Gasteiger partial charge in [0.2, 0.25) is 5.95 Å².